The van der Waals surface area contributed by atoms with Crippen molar-refractivity contribution in [2.24, 2.45) is 0 Å². The van der Waals surface area contributed by atoms with E-state index in [1.54, 1.807) is 12.1 Å². The SMILES string of the molecule is Oc1ccc(-c2ccc3cccn3c2)cc1. The second-order valence-corrected chi connectivity index (χ2v) is 3.80. The van der Waals surface area contributed by atoms with Gasteiger partial charge in [-0.15, -0.1) is 0 Å². The van der Waals surface area contributed by atoms with Crippen molar-refractivity contribution < 1.29 is 5.11 Å². The number of hydrogen-bond acceptors (Lipinski definition) is 1. The number of aromatic nitrogens is 1. The minimum Gasteiger partial charge on any atom is -0.508 e. The molecule has 3 rings (SSSR count). The average molecular weight is 209 g/mol. The van der Waals surface area contributed by atoms with Crippen LogP contribution in [0.1, 0.15) is 0 Å². The Labute approximate surface area is 93.4 Å². The molecule has 1 aromatic carbocycles. The van der Waals surface area contributed by atoms with Crippen LogP contribution in [0.25, 0.3) is 16.6 Å². The van der Waals surface area contributed by atoms with Gasteiger partial charge in [0, 0.05) is 17.9 Å². The van der Waals surface area contributed by atoms with Gasteiger partial charge in [0.05, 0.1) is 0 Å². The van der Waals surface area contributed by atoms with E-state index in [2.05, 4.69) is 28.8 Å². The summed E-state index contributed by atoms with van der Waals surface area (Å²) in [5.74, 6) is 0.297. The van der Waals surface area contributed by atoms with Crippen molar-refractivity contribution >= 4 is 5.52 Å². The van der Waals surface area contributed by atoms with E-state index in [0.29, 0.717) is 5.75 Å². The van der Waals surface area contributed by atoms with Crippen molar-refractivity contribution in [3.05, 3.63) is 60.9 Å². The third-order valence-corrected chi connectivity index (χ3v) is 2.72. The first kappa shape index (κ1) is 9.04. The molecular formula is C14H11NO. The Kier molecular flexibility index (Phi) is 1.93. The standard InChI is InChI=1S/C14H11NO/c16-14-7-4-11(5-8-14)12-3-6-13-2-1-9-15(13)10-12/h1-10,16H. The number of rotatable bonds is 1. The Bertz CT molecular complexity index is 623. The molecule has 0 saturated carbocycles. The van der Waals surface area contributed by atoms with Crippen LogP contribution < -0.4 is 0 Å². The van der Waals surface area contributed by atoms with Crippen LogP contribution in [0.4, 0.5) is 0 Å². The van der Waals surface area contributed by atoms with Crippen LogP contribution in [0.3, 0.4) is 0 Å². The summed E-state index contributed by atoms with van der Waals surface area (Å²) in [7, 11) is 0. The number of hydrogen-bond donors (Lipinski definition) is 1. The van der Waals surface area contributed by atoms with Gasteiger partial charge in [0.15, 0.2) is 0 Å². The molecule has 0 aliphatic carbocycles. The van der Waals surface area contributed by atoms with Crippen LogP contribution in [0.2, 0.25) is 0 Å². The fourth-order valence-corrected chi connectivity index (χ4v) is 1.86. The monoisotopic (exact) mass is 209 g/mol. The number of fused-ring (bicyclic) bond motifs is 1. The van der Waals surface area contributed by atoms with Gasteiger partial charge < -0.3 is 9.51 Å². The molecule has 16 heavy (non-hydrogen) atoms. The zero-order chi connectivity index (χ0) is 11.0. The van der Waals surface area contributed by atoms with E-state index in [-0.39, 0.29) is 0 Å². The lowest BCUT2D eigenvalue weighted by Gasteiger charge is -2.03. The molecule has 1 N–H and O–H groups in total. The quantitative estimate of drug-likeness (QED) is 0.653. The van der Waals surface area contributed by atoms with Crippen LogP contribution >= 0.6 is 0 Å². The number of benzene rings is 1. The molecule has 2 aromatic heterocycles. The molecule has 0 atom stereocenters. The molecule has 2 nitrogen and oxygen atoms in total. The summed E-state index contributed by atoms with van der Waals surface area (Å²) in [5, 5.41) is 9.24. The summed E-state index contributed by atoms with van der Waals surface area (Å²) < 4.78 is 2.09. The second-order valence-electron chi connectivity index (χ2n) is 3.80. The van der Waals surface area contributed by atoms with Crippen molar-refractivity contribution in [1.29, 1.82) is 0 Å². The van der Waals surface area contributed by atoms with Gasteiger partial charge in [-0.3, -0.25) is 0 Å². The summed E-state index contributed by atoms with van der Waals surface area (Å²) in [6.45, 7) is 0. The second kappa shape index (κ2) is 3.42. The first-order valence-corrected chi connectivity index (χ1v) is 5.19. The molecule has 78 valence electrons. The number of pyridine rings is 1. The van der Waals surface area contributed by atoms with E-state index in [4.69, 9.17) is 0 Å². The zero-order valence-electron chi connectivity index (χ0n) is 8.67. The third-order valence-electron chi connectivity index (χ3n) is 2.72. The fourth-order valence-electron chi connectivity index (χ4n) is 1.86. The fraction of sp³-hybridized carbons (Fsp3) is 0. The highest BCUT2D eigenvalue weighted by molar-refractivity contribution is 5.66. The molecule has 0 aliphatic rings. The molecule has 0 bridgehead atoms. The van der Waals surface area contributed by atoms with E-state index in [0.717, 1.165) is 11.1 Å². The van der Waals surface area contributed by atoms with E-state index in [9.17, 15) is 5.11 Å². The van der Waals surface area contributed by atoms with Gasteiger partial charge in [0.1, 0.15) is 5.75 Å². The van der Waals surface area contributed by atoms with Crippen molar-refractivity contribution in [1.82, 2.24) is 4.40 Å². The van der Waals surface area contributed by atoms with Crippen LogP contribution in [0, 0.1) is 0 Å². The van der Waals surface area contributed by atoms with Crippen molar-refractivity contribution in [2.45, 2.75) is 0 Å². The van der Waals surface area contributed by atoms with E-state index < -0.39 is 0 Å². The summed E-state index contributed by atoms with van der Waals surface area (Å²) in [6, 6.07) is 15.5. The number of phenols is 1. The molecule has 2 heterocycles. The highest BCUT2D eigenvalue weighted by atomic mass is 16.3. The van der Waals surface area contributed by atoms with Gasteiger partial charge in [0.25, 0.3) is 0 Å². The van der Waals surface area contributed by atoms with Crippen molar-refractivity contribution in [2.75, 3.05) is 0 Å². The Balaban J connectivity index is 2.14. The maximum Gasteiger partial charge on any atom is 0.115 e. The molecule has 0 saturated heterocycles. The van der Waals surface area contributed by atoms with Crippen molar-refractivity contribution in [3.8, 4) is 16.9 Å². The van der Waals surface area contributed by atoms with Crippen LogP contribution in [-0.4, -0.2) is 9.51 Å². The molecule has 0 unspecified atom stereocenters. The minimum absolute atomic E-state index is 0.297. The van der Waals surface area contributed by atoms with E-state index in [1.165, 1.54) is 5.52 Å². The number of aromatic hydroxyl groups is 1. The predicted octanol–water partition coefficient (Wildman–Crippen LogP) is 3.31. The number of nitrogens with zero attached hydrogens (tertiary/aromatic N) is 1. The minimum atomic E-state index is 0.297. The summed E-state index contributed by atoms with van der Waals surface area (Å²) in [5.41, 5.74) is 3.43. The topological polar surface area (TPSA) is 24.6 Å². The molecule has 3 aromatic rings. The summed E-state index contributed by atoms with van der Waals surface area (Å²) in [4.78, 5) is 0. The van der Waals surface area contributed by atoms with Crippen molar-refractivity contribution in [3.63, 3.8) is 0 Å². The molecule has 0 aliphatic heterocycles. The smallest absolute Gasteiger partial charge is 0.115 e. The largest absolute Gasteiger partial charge is 0.508 e. The van der Waals surface area contributed by atoms with E-state index in [1.807, 2.05) is 24.4 Å². The Morgan fingerprint density at radius 1 is 0.812 bits per heavy atom. The molecular weight excluding hydrogens is 198 g/mol. The lowest BCUT2D eigenvalue weighted by atomic mass is 10.1. The third kappa shape index (κ3) is 1.44. The van der Waals surface area contributed by atoms with Crippen LogP contribution in [0.15, 0.2) is 60.9 Å². The Morgan fingerprint density at radius 2 is 1.56 bits per heavy atom. The molecule has 0 radical (unpaired) electrons. The highest BCUT2D eigenvalue weighted by Gasteiger charge is 1.99. The maximum absolute atomic E-state index is 9.24. The highest BCUT2D eigenvalue weighted by Crippen LogP contribution is 2.22. The first-order valence-electron chi connectivity index (χ1n) is 5.19. The lowest BCUT2D eigenvalue weighted by molar-refractivity contribution is 0.475. The summed E-state index contributed by atoms with van der Waals surface area (Å²) in [6.07, 6.45) is 4.11. The molecule has 0 amide bonds. The predicted molar refractivity (Wildman–Crippen MR) is 64.5 cm³/mol. The van der Waals surface area contributed by atoms with Crippen LogP contribution in [-0.2, 0) is 0 Å². The normalized spacial score (nSPS) is 10.8. The van der Waals surface area contributed by atoms with Gasteiger partial charge in [-0.1, -0.05) is 18.2 Å². The van der Waals surface area contributed by atoms with Crippen LogP contribution in [0.5, 0.6) is 5.75 Å². The maximum atomic E-state index is 9.24. The first-order chi connectivity index (χ1) is 7.83. The molecule has 2 heteroatoms. The van der Waals surface area contributed by atoms with Gasteiger partial charge in [-0.25, -0.2) is 0 Å². The summed E-state index contributed by atoms with van der Waals surface area (Å²) >= 11 is 0. The van der Waals surface area contributed by atoms with Gasteiger partial charge in [-0.2, -0.15) is 0 Å². The van der Waals surface area contributed by atoms with Gasteiger partial charge in [-0.05, 0) is 41.5 Å². The lowest BCUT2D eigenvalue weighted by Crippen LogP contribution is -1.84. The Hall–Kier alpha value is -2.22. The number of phenolic OH excluding ortho intramolecular Hbond substituents is 1. The Morgan fingerprint density at radius 3 is 2.38 bits per heavy atom. The molecule has 0 fully saturated rings. The molecule has 0 spiro atoms. The average Bonchev–Trinajstić information content (AvgIpc) is 2.77. The van der Waals surface area contributed by atoms with Gasteiger partial charge in [0.2, 0.25) is 0 Å². The zero-order valence-corrected chi connectivity index (χ0v) is 8.67. The van der Waals surface area contributed by atoms with E-state index >= 15 is 0 Å². The van der Waals surface area contributed by atoms with Gasteiger partial charge >= 0.3 is 0 Å².